The fraction of sp³-hybridized carbons (Fsp3) is 0.533. The van der Waals surface area contributed by atoms with Crippen LogP contribution in [0.3, 0.4) is 0 Å². The molecule has 5 heteroatoms. The van der Waals surface area contributed by atoms with Crippen molar-refractivity contribution < 1.29 is 9.47 Å². The predicted octanol–water partition coefficient (Wildman–Crippen LogP) is 1.63. The molecule has 1 heterocycles. The fourth-order valence-electron chi connectivity index (χ4n) is 2.24. The highest BCUT2D eigenvalue weighted by atomic mass is 16.5. The minimum Gasteiger partial charge on any atom is -0.489 e. The van der Waals surface area contributed by atoms with Crippen molar-refractivity contribution in [2.24, 2.45) is 0 Å². The Kier molecular flexibility index (Phi) is 4.83. The molecule has 0 amide bonds. The third-order valence-corrected chi connectivity index (χ3v) is 3.46. The highest BCUT2D eigenvalue weighted by molar-refractivity contribution is 5.56. The van der Waals surface area contributed by atoms with E-state index in [-0.39, 0.29) is 6.10 Å². The van der Waals surface area contributed by atoms with Gasteiger partial charge in [-0.15, -0.1) is 0 Å². The Morgan fingerprint density at radius 3 is 3.00 bits per heavy atom. The smallest absolute Gasteiger partial charge is 0.142 e. The van der Waals surface area contributed by atoms with Gasteiger partial charge in [0, 0.05) is 19.1 Å². The number of morpholine rings is 1. The van der Waals surface area contributed by atoms with Gasteiger partial charge in [0.05, 0.1) is 23.9 Å². The molecule has 0 radical (unpaired) electrons. The molecule has 1 aliphatic rings. The number of ether oxygens (including phenoxy) is 2. The van der Waals surface area contributed by atoms with Crippen LogP contribution in [0, 0.1) is 11.3 Å². The molecule has 0 aliphatic carbocycles. The van der Waals surface area contributed by atoms with Gasteiger partial charge in [0.2, 0.25) is 0 Å². The number of benzene rings is 1. The second kappa shape index (κ2) is 6.60. The predicted molar refractivity (Wildman–Crippen MR) is 77.5 cm³/mol. The Morgan fingerprint density at radius 2 is 2.35 bits per heavy atom. The molecule has 1 aliphatic heterocycles. The summed E-state index contributed by atoms with van der Waals surface area (Å²) < 4.78 is 11.4. The van der Waals surface area contributed by atoms with Gasteiger partial charge in [-0.2, -0.15) is 5.26 Å². The molecule has 1 unspecified atom stereocenters. The highest BCUT2D eigenvalue weighted by Crippen LogP contribution is 2.23. The number of hydrogen-bond donors (Lipinski definition) is 1. The highest BCUT2D eigenvalue weighted by Gasteiger charge is 2.22. The molecule has 1 saturated heterocycles. The first-order valence-corrected chi connectivity index (χ1v) is 6.88. The summed E-state index contributed by atoms with van der Waals surface area (Å²) in [7, 11) is 0. The van der Waals surface area contributed by atoms with Crippen LogP contribution in [0.4, 0.5) is 5.69 Å². The summed E-state index contributed by atoms with van der Waals surface area (Å²) in [6, 6.07) is 7.62. The van der Waals surface area contributed by atoms with E-state index in [0.29, 0.717) is 29.6 Å². The lowest BCUT2D eigenvalue weighted by Crippen LogP contribution is -2.47. The molecule has 5 nitrogen and oxygen atoms in total. The zero-order chi connectivity index (χ0) is 14.5. The van der Waals surface area contributed by atoms with Crippen molar-refractivity contribution in [3.8, 4) is 11.8 Å². The molecule has 108 valence electrons. The van der Waals surface area contributed by atoms with Crippen molar-refractivity contribution in [1.82, 2.24) is 4.90 Å². The minimum atomic E-state index is 0.0567. The Balaban J connectivity index is 1.90. The van der Waals surface area contributed by atoms with Gasteiger partial charge in [-0.3, -0.25) is 4.90 Å². The average molecular weight is 275 g/mol. The first kappa shape index (κ1) is 14.6. The summed E-state index contributed by atoms with van der Waals surface area (Å²) in [5, 5.41) is 8.80. The molecular formula is C15H21N3O2. The summed E-state index contributed by atoms with van der Waals surface area (Å²) in [5.74, 6) is 0.606. The van der Waals surface area contributed by atoms with E-state index >= 15 is 0 Å². The van der Waals surface area contributed by atoms with E-state index in [0.717, 1.165) is 19.7 Å². The van der Waals surface area contributed by atoms with Crippen molar-refractivity contribution in [2.75, 3.05) is 32.0 Å². The van der Waals surface area contributed by atoms with Crippen LogP contribution in [0.5, 0.6) is 5.75 Å². The van der Waals surface area contributed by atoms with E-state index in [9.17, 15) is 0 Å². The van der Waals surface area contributed by atoms with Gasteiger partial charge in [0.1, 0.15) is 18.5 Å². The Bertz CT molecular complexity index is 496. The van der Waals surface area contributed by atoms with Crippen LogP contribution in [0.2, 0.25) is 0 Å². The van der Waals surface area contributed by atoms with E-state index in [4.69, 9.17) is 20.5 Å². The van der Waals surface area contributed by atoms with Crippen LogP contribution in [-0.2, 0) is 4.74 Å². The first-order valence-electron chi connectivity index (χ1n) is 6.88. The van der Waals surface area contributed by atoms with Gasteiger partial charge in [-0.05, 0) is 32.0 Å². The Labute approximate surface area is 119 Å². The first-order chi connectivity index (χ1) is 9.60. The molecule has 1 fully saturated rings. The van der Waals surface area contributed by atoms with Crippen LogP contribution in [0.25, 0.3) is 0 Å². The number of anilines is 1. The van der Waals surface area contributed by atoms with Crippen LogP contribution >= 0.6 is 0 Å². The normalized spacial score (nSPS) is 19.8. The van der Waals surface area contributed by atoms with E-state index in [1.807, 2.05) is 0 Å². The number of nitriles is 1. The molecule has 0 spiro atoms. The molecule has 1 aromatic rings. The van der Waals surface area contributed by atoms with E-state index in [1.165, 1.54) is 0 Å². The van der Waals surface area contributed by atoms with E-state index in [2.05, 4.69) is 24.8 Å². The van der Waals surface area contributed by atoms with Gasteiger partial charge in [0.15, 0.2) is 0 Å². The number of rotatable bonds is 4. The van der Waals surface area contributed by atoms with Crippen molar-refractivity contribution in [3.05, 3.63) is 23.8 Å². The third-order valence-electron chi connectivity index (χ3n) is 3.46. The van der Waals surface area contributed by atoms with Crippen molar-refractivity contribution in [2.45, 2.75) is 26.0 Å². The van der Waals surface area contributed by atoms with Crippen LogP contribution in [-0.4, -0.2) is 43.3 Å². The van der Waals surface area contributed by atoms with Gasteiger partial charge in [-0.1, -0.05) is 0 Å². The van der Waals surface area contributed by atoms with E-state index < -0.39 is 0 Å². The second-order valence-electron chi connectivity index (χ2n) is 5.26. The SMILES string of the molecule is CC(C)N1CCOC(COc2ccc(C#N)cc2N)C1. The summed E-state index contributed by atoms with van der Waals surface area (Å²) in [6.45, 7) is 7.40. The van der Waals surface area contributed by atoms with Crippen LogP contribution < -0.4 is 10.5 Å². The summed E-state index contributed by atoms with van der Waals surface area (Å²) in [6.07, 6.45) is 0.0567. The Morgan fingerprint density at radius 1 is 1.55 bits per heavy atom. The maximum atomic E-state index is 8.80. The van der Waals surface area contributed by atoms with Gasteiger partial charge < -0.3 is 15.2 Å². The quantitative estimate of drug-likeness (QED) is 0.846. The van der Waals surface area contributed by atoms with Crippen LogP contribution in [0.15, 0.2) is 18.2 Å². The second-order valence-corrected chi connectivity index (χ2v) is 5.26. The summed E-state index contributed by atoms with van der Waals surface area (Å²) in [5.41, 5.74) is 6.88. The lowest BCUT2D eigenvalue weighted by Gasteiger charge is -2.35. The Hall–Kier alpha value is -1.77. The fourth-order valence-corrected chi connectivity index (χ4v) is 2.24. The number of nitrogens with two attached hydrogens (primary N) is 1. The average Bonchev–Trinajstić information content (AvgIpc) is 2.46. The standard InChI is InChI=1S/C15H21N3O2/c1-11(2)18-5-6-19-13(9-18)10-20-15-4-3-12(8-16)7-14(15)17/h3-4,7,11,13H,5-6,9-10,17H2,1-2H3. The summed E-state index contributed by atoms with van der Waals surface area (Å²) in [4.78, 5) is 2.37. The zero-order valence-corrected chi connectivity index (χ0v) is 12.0. The van der Waals surface area contributed by atoms with E-state index in [1.54, 1.807) is 18.2 Å². The lowest BCUT2D eigenvalue weighted by molar-refractivity contribution is -0.0563. The molecule has 1 aromatic carbocycles. The number of nitrogen functional groups attached to an aromatic ring is 1. The molecule has 20 heavy (non-hydrogen) atoms. The third kappa shape index (κ3) is 3.62. The lowest BCUT2D eigenvalue weighted by atomic mass is 10.2. The number of nitrogens with zero attached hydrogens (tertiary/aromatic N) is 2. The van der Waals surface area contributed by atoms with Crippen molar-refractivity contribution in [3.63, 3.8) is 0 Å². The van der Waals surface area contributed by atoms with Crippen molar-refractivity contribution >= 4 is 5.69 Å². The maximum Gasteiger partial charge on any atom is 0.142 e. The molecule has 2 rings (SSSR count). The molecule has 1 atom stereocenters. The van der Waals surface area contributed by atoms with Gasteiger partial charge >= 0.3 is 0 Å². The minimum absolute atomic E-state index is 0.0567. The largest absolute Gasteiger partial charge is 0.489 e. The zero-order valence-electron chi connectivity index (χ0n) is 12.0. The van der Waals surface area contributed by atoms with Crippen LogP contribution in [0.1, 0.15) is 19.4 Å². The molecule has 0 saturated carbocycles. The topological polar surface area (TPSA) is 71.5 Å². The molecule has 0 aromatic heterocycles. The van der Waals surface area contributed by atoms with Gasteiger partial charge in [-0.25, -0.2) is 0 Å². The summed E-state index contributed by atoms with van der Waals surface area (Å²) >= 11 is 0. The van der Waals surface area contributed by atoms with Gasteiger partial charge in [0.25, 0.3) is 0 Å². The molecule has 0 bridgehead atoms. The maximum absolute atomic E-state index is 8.80. The molecular weight excluding hydrogens is 254 g/mol. The number of hydrogen-bond acceptors (Lipinski definition) is 5. The molecule has 2 N–H and O–H groups in total. The monoisotopic (exact) mass is 275 g/mol. The van der Waals surface area contributed by atoms with Crippen molar-refractivity contribution in [1.29, 1.82) is 5.26 Å².